The van der Waals surface area contributed by atoms with Crippen molar-refractivity contribution in [2.75, 3.05) is 19.6 Å². The molecular weight excluding hydrogens is 246 g/mol. The molecule has 0 aromatic heterocycles. The van der Waals surface area contributed by atoms with E-state index in [2.05, 4.69) is 11.4 Å². The summed E-state index contributed by atoms with van der Waals surface area (Å²) in [4.78, 5) is 13.7. The number of aliphatic hydroxyl groups excluding tert-OH is 2. The highest BCUT2D eigenvalue weighted by Gasteiger charge is 2.35. The summed E-state index contributed by atoms with van der Waals surface area (Å²) in [6.45, 7) is 0.722. The quantitative estimate of drug-likeness (QED) is 0.632. The van der Waals surface area contributed by atoms with Crippen molar-refractivity contribution >= 4 is 5.91 Å². The van der Waals surface area contributed by atoms with Gasteiger partial charge in [-0.2, -0.15) is 5.26 Å². The van der Waals surface area contributed by atoms with Crippen LogP contribution in [0.1, 0.15) is 32.1 Å². The van der Waals surface area contributed by atoms with E-state index in [0.29, 0.717) is 25.9 Å². The molecule has 6 heteroatoms. The summed E-state index contributed by atoms with van der Waals surface area (Å²) in [6.07, 6.45) is 2.90. The van der Waals surface area contributed by atoms with E-state index in [9.17, 15) is 20.3 Å². The smallest absolute Gasteiger partial charge is 0.235 e. The highest BCUT2D eigenvalue weighted by atomic mass is 16.3. The maximum atomic E-state index is 12.0. The van der Waals surface area contributed by atoms with Crippen LogP contribution in [0.5, 0.6) is 0 Å². The number of carbonyl (C=O) groups is 1. The van der Waals surface area contributed by atoms with E-state index in [0.717, 1.165) is 19.3 Å². The monoisotopic (exact) mass is 267 g/mol. The summed E-state index contributed by atoms with van der Waals surface area (Å²) in [5, 5.41) is 31.0. The molecule has 0 aromatic carbocycles. The number of rotatable bonds is 3. The molecule has 0 spiro atoms. The Balaban J connectivity index is 1.85. The van der Waals surface area contributed by atoms with Gasteiger partial charge in [0.1, 0.15) is 5.54 Å². The summed E-state index contributed by atoms with van der Waals surface area (Å²) in [6, 6.07) is 2.24. The fourth-order valence-electron chi connectivity index (χ4n) is 2.91. The van der Waals surface area contributed by atoms with Crippen molar-refractivity contribution in [1.82, 2.24) is 10.2 Å². The zero-order valence-corrected chi connectivity index (χ0v) is 11.0. The van der Waals surface area contributed by atoms with Gasteiger partial charge in [0.25, 0.3) is 0 Å². The van der Waals surface area contributed by atoms with Crippen LogP contribution in [-0.4, -0.2) is 58.4 Å². The van der Waals surface area contributed by atoms with E-state index in [4.69, 9.17) is 0 Å². The topological polar surface area (TPSA) is 96.6 Å². The molecule has 1 heterocycles. The average Bonchev–Trinajstić information content (AvgIpc) is 2.69. The van der Waals surface area contributed by atoms with E-state index in [1.165, 1.54) is 0 Å². The molecule has 0 bridgehead atoms. The van der Waals surface area contributed by atoms with E-state index < -0.39 is 17.7 Å². The van der Waals surface area contributed by atoms with Crippen molar-refractivity contribution < 1.29 is 15.0 Å². The molecule has 2 rings (SSSR count). The molecule has 106 valence electrons. The molecule has 2 atom stereocenters. The van der Waals surface area contributed by atoms with Gasteiger partial charge >= 0.3 is 0 Å². The SMILES string of the molecule is N#CC1(NC(=O)CN2CC(O)C(O)C2)CCCCC1. The number of hydrogen-bond acceptors (Lipinski definition) is 5. The van der Waals surface area contributed by atoms with Crippen LogP contribution >= 0.6 is 0 Å². The molecule has 2 unspecified atom stereocenters. The van der Waals surface area contributed by atoms with Crippen LogP contribution in [0.3, 0.4) is 0 Å². The Hall–Kier alpha value is -1.16. The van der Waals surface area contributed by atoms with Gasteiger partial charge in [-0.25, -0.2) is 0 Å². The van der Waals surface area contributed by atoms with Crippen LogP contribution in [-0.2, 0) is 4.79 Å². The maximum absolute atomic E-state index is 12.0. The lowest BCUT2D eigenvalue weighted by Crippen LogP contribution is -2.51. The Morgan fingerprint density at radius 3 is 2.37 bits per heavy atom. The van der Waals surface area contributed by atoms with Crippen LogP contribution < -0.4 is 5.32 Å². The summed E-state index contributed by atoms with van der Waals surface area (Å²) in [5.74, 6) is -0.204. The predicted molar refractivity (Wildman–Crippen MR) is 68.0 cm³/mol. The maximum Gasteiger partial charge on any atom is 0.235 e. The van der Waals surface area contributed by atoms with E-state index in [-0.39, 0.29) is 12.5 Å². The van der Waals surface area contributed by atoms with E-state index in [1.807, 2.05) is 0 Å². The van der Waals surface area contributed by atoms with Crippen molar-refractivity contribution in [3.63, 3.8) is 0 Å². The van der Waals surface area contributed by atoms with Crippen molar-refractivity contribution in [3.8, 4) is 6.07 Å². The lowest BCUT2D eigenvalue weighted by molar-refractivity contribution is -0.123. The molecule has 2 fully saturated rings. The highest BCUT2D eigenvalue weighted by Crippen LogP contribution is 2.27. The van der Waals surface area contributed by atoms with Gasteiger partial charge in [0.15, 0.2) is 0 Å². The summed E-state index contributed by atoms with van der Waals surface area (Å²) >= 11 is 0. The number of nitriles is 1. The lowest BCUT2D eigenvalue weighted by Gasteiger charge is -2.32. The van der Waals surface area contributed by atoms with Crippen LogP contribution in [0.4, 0.5) is 0 Å². The number of likely N-dealkylation sites (tertiary alicyclic amines) is 1. The Bertz CT molecular complexity index is 364. The van der Waals surface area contributed by atoms with Crippen molar-refractivity contribution in [2.24, 2.45) is 0 Å². The molecule has 1 aliphatic heterocycles. The third-order valence-electron chi connectivity index (χ3n) is 4.00. The Labute approximate surface area is 113 Å². The molecule has 1 saturated carbocycles. The third-order valence-corrected chi connectivity index (χ3v) is 4.00. The van der Waals surface area contributed by atoms with Gasteiger partial charge in [-0.05, 0) is 12.8 Å². The second-order valence-electron chi connectivity index (χ2n) is 5.63. The summed E-state index contributed by atoms with van der Waals surface area (Å²) in [5.41, 5.74) is -0.716. The first kappa shape index (κ1) is 14.3. The van der Waals surface area contributed by atoms with Crippen LogP contribution in [0, 0.1) is 11.3 Å². The minimum atomic E-state index is -0.785. The second-order valence-corrected chi connectivity index (χ2v) is 5.63. The normalized spacial score (nSPS) is 30.8. The molecule has 1 saturated heterocycles. The molecule has 0 radical (unpaired) electrons. The number of nitrogens with one attached hydrogen (secondary N) is 1. The number of hydrogen-bond donors (Lipinski definition) is 3. The first-order chi connectivity index (χ1) is 9.04. The zero-order valence-electron chi connectivity index (χ0n) is 11.0. The van der Waals surface area contributed by atoms with Gasteiger partial charge in [-0.15, -0.1) is 0 Å². The van der Waals surface area contributed by atoms with Gasteiger partial charge < -0.3 is 15.5 Å². The van der Waals surface area contributed by atoms with Crippen LogP contribution in [0.2, 0.25) is 0 Å². The molecule has 1 amide bonds. The molecule has 19 heavy (non-hydrogen) atoms. The predicted octanol–water partition coefficient (Wildman–Crippen LogP) is -0.634. The van der Waals surface area contributed by atoms with Crippen molar-refractivity contribution in [1.29, 1.82) is 5.26 Å². The molecule has 0 aromatic rings. The number of carbonyl (C=O) groups excluding carboxylic acids is 1. The lowest BCUT2D eigenvalue weighted by atomic mass is 9.83. The number of β-amino-alcohol motifs (C(OH)–C–C–N with tert-alkyl or cyclic N) is 2. The largest absolute Gasteiger partial charge is 0.389 e. The highest BCUT2D eigenvalue weighted by molar-refractivity contribution is 5.79. The molecule has 6 nitrogen and oxygen atoms in total. The molecule has 2 aliphatic rings. The summed E-state index contributed by atoms with van der Waals surface area (Å²) in [7, 11) is 0. The van der Waals surface area contributed by atoms with Crippen molar-refractivity contribution in [3.05, 3.63) is 0 Å². The fraction of sp³-hybridized carbons (Fsp3) is 0.846. The molecule has 1 aliphatic carbocycles. The van der Waals surface area contributed by atoms with Gasteiger partial charge in [0, 0.05) is 13.1 Å². The van der Waals surface area contributed by atoms with Crippen molar-refractivity contribution in [2.45, 2.75) is 49.9 Å². The Morgan fingerprint density at radius 1 is 1.26 bits per heavy atom. The second kappa shape index (κ2) is 5.87. The fourth-order valence-corrected chi connectivity index (χ4v) is 2.91. The number of amides is 1. The molecule has 3 N–H and O–H groups in total. The Kier molecular flexibility index (Phi) is 4.40. The van der Waals surface area contributed by atoms with Gasteiger partial charge in [-0.3, -0.25) is 9.69 Å². The van der Waals surface area contributed by atoms with E-state index in [1.54, 1.807) is 4.90 Å². The average molecular weight is 267 g/mol. The van der Waals surface area contributed by atoms with Gasteiger partial charge in [0.2, 0.25) is 5.91 Å². The number of aliphatic hydroxyl groups is 2. The standard InChI is InChI=1S/C13H21N3O3/c14-9-13(4-2-1-3-5-13)15-12(19)8-16-6-10(17)11(18)7-16/h10-11,17-18H,1-8H2,(H,15,19). The minimum Gasteiger partial charge on any atom is -0.389 e. The zero-order chi connectivity index (χ0) is 13.9. The third kappa shape index (κ3) is 3.44. The first-order valence-electron chi connectivity index (χ1n) is 6.85. The van der Waals surface area contributed by atoms with E-state index >= 15 is 0 Å². The minimum absolute atomic E-state index is 0.123. The van der Waals surface area contributed by atoms with Crippen LogP contribution in [0.15, 0.2) is 0 Å². The van der Waals surface area contributed by atoms with Gasteiger partial charge in [-0.1, -0.05) is 19.3 Å². The van der Waals surface area contributed by atoms with Crippen LogP contribution in [0.25, 0.3) is 0 Å². The first-order valence-corrected chi connectivity index (χ1v) is 6.85. The number of nitrogens with zero attached hydrogens (tertiary/aromatic N) is 2. The summed E-state index contributed by atoms with van der Waals surface area (Å²) < 4.78 is 0. The van der Waals surface area contributed by atoms with Gasteiger partial charge in [0.05, 0.1) is 24.8 Å². The molecular formula is C13H21N3O3. The Morgan fingerprint density at radius 2 is 1.84 bits per heavy atom.